The Morgan fingerprint density at radius 2 is 2.00 bits per heavy atom. The molecule has 2 aromatic carbocycles. The third kappa shape index (κ3) is 3.51. The molecule has 3 aromatic rings. The van der Waals surface area contributed by atoms with Crippen LogP contribution < -0.4 is 14.4 Å². The minimum absolute atomic E-state index is 0.113. The molecule has 0 aliphatic carbocycles. The lowest BCUT2D eigenvalue weighted by atomic mass is 10.2. The van der Waals surface area contributed by atoms with E-state index < -0.39 is 0 Å². The highest BCUT2D eigenvalue weighted by atomic mass is 16.5. The Morgan fingerprint density at radius 1 is 1.11 bits per heavy atom. The highest BCUT2D eigenvalue weighted by Gasteiger charge is 2.28. The minimum Gasteiger partial charge on any atom is -0.497 e. The summed E-state index contributed by atoms with van der Waals surface area (Å²) in [5.74, 6) is 1.72. The fourth-order valence-corrected chi connectivity index (χ4v) is 3.46. The van der Waals surface area contributed by atoms with Crippen LogP contribution in [0.3, 0.4) is 0 Å². The van der Waals surface area contributed by atoms with Gasteiger partial charge in [-0.25, -0.2) is 0 Å². The van der Waals surface area contributed by atoms with Gasteiger partial charge in [0.2, 0.25) is 0 Å². The molecule has 0 unspecified atom stereocenters. The molecule has 2 heterocycles. The molecule has 0 amide bonds. The van der Waals surface area contributed by atoms with Gasteiger partial charge in [0.25, 0.3) is 0 Å². The number of hydrogen-bond acceptors (Lipinski definition) is 4. The lowest BCUT2D eigenvalue weighted by molar-refractivity contribution is 0.114. The molecule has 0 saturated carbocycles. The molecule has 5 nitrogen and oxygen atoms in total. The van der Waals surface area contributed by atoms with E-state index in [-0.39, 0.29) is 6.23 Å². The van der Waals surface area contributed by atoms with Crippen LogP contribution in [0.4, 0.5) is 5.69 Å². The van der Waals surface area contributed by atoms with Crippen molar-refractivity contribution in [1.29, 1.82) is 0 Å². The van der Waals surface area contributed by atoms with Gasteiger partial charge in [-0.15, -0.1) is 0 Å². The molecule has 1 saturated heterocycles. The van der Waals surface area contributed by atoms with Crippen molar-refractivity contribution in [3.63, 3.8) is 0 Å². The molecule has 4 rings (SSSR count). The summed E-state index contributed by atoms with van der Waals surface area (Å²) in [6.07, 6.45) is 4.05. The monoisotopic (exact) mass is 364 g/mol. The Hall–Kier alpha value is -2.92. The van der Waals surface area contributed by atoms with Gasteiger partial charge in [-0.05, 0) is 37.3 Å². The first-order chi connectivity index (χ1) is 13.3. The van der Waals surface area contributed by atoms with Crippen molar-refractivity contribution in [3.8, 4) is 17.2 Å². The molecule has 1 fully saturated rings. The van der Waals surface area contributed by atoms with Gasteiger partial charge < -0.3 is 23.7 Å². The topological polar surface area (TPSA) is 35.9 Å². The van der Waals surface area contributed by atoms with E-state index in [9.17, 15) is 0 Å². The summed E-state index contributed by atoms with van der Waals surface area (Å²) in [4.78, 5) is 2.26. The summed E-state index contributed by atoms with van der Waals surface area (Å²) < 4.78 is 19.3. The van der Waals surface area contributed by atoms with Gasteiger partial charge in [0.15, 0.2) is 6.23 Å². The predicted molar refractivity (Wildman–Crippen MR) is 106 cm³/mol. The maximum Gasteiger partial charge on any atom is 0.158 e. The van der Waals surface area contributed by atoms with Crippen LogP contribution in [0.15, 0.2) is 67.0 Å². The van der Waals surface area contributed by atoms with E-state index in [1.165, 1.54) is 0 Å². The van der Waals surface area contributed by atoms with Gasteiger partial charge in [-0.2, -0.15) is 0 Å². The van der Waals surface area contributed by atoms with Crippen LogP contribution in [0, 0.1) is 0 Å². The molecule has 5 heteroatoms. The van der Waals surface area contributed by atoms with E-state index >= 15 is 0 Å². The van der Waals surface area contributed by atoms with E-state index in [0.29, 0.717) is 13.2 Å². The second-order valence-electron chi connectivity index (χ2n) is 6.37. The first-order valence-electron chi connectivity index (χ1n) is 9.22. The summed E-state index contributed by atoms with van der Waals surface area (Å²) in [6, 6.07) is 18.3. The number of para-hydroxylation sites is 2. The van der Waals surface area contributed by atoms with Crippen molar-refractivity contribution in [2.75, 3.05) is 31.8 Å². The lowest BCUT2D eigenvalue weighted by Gasteiger charge is -2.25. The zero-order valence-electron chi connectivity index (χ0n) is 15.7. The van der Waals surface area contributed by atoms with Crippen LogP contribution in [-0.2, 0) is 4.74 Å². The summed E-state index contributed by atoms with van der Waals surface area (Å²) in [5.41, 5.74) is 3.23. The summed E-state index contributed by atoms with van der Waals surface area (Å²) >= 11 is 0. The normalized spacial score (nSPS) is 16.5. The van der Waals surface area contributed by atoms with Crippen LogP contribution >= 0.6 is 0 Å². The molecular formula is C22H24N2O3. The zero-order valence-corrected chi connectivity index (χ0v) is 15.7. The van der Waals surface area contributed by atoms with Crippen molar-refractivity contribution >= 4 is 5.69 Å². The van der Waals surface area contributed by atoms with Crippen molar-refractivity contribution in [1.82, 2.24) is 4.57 Å². The van der Waals surface area contributed by atoms with E-state index in [4.69, 9.17) is 14.2 Å². The number of benzene rings is 2. The van der Waals surface area contributed by atoms with Crippen molar-refractivity contribution < 1.29 is 14.2 Å². The number of hydrogen-bond donors (Lipinski definition) is 0. The average Bonchev–Trinajstić information content (AvgIpc) is 3.38. The molecule has 1 aromatic heterocycles. The molecular weight excluding hydrogens is 340 g/mol. The second-order valence-corrected chi connectivity index (χ2v) is 6.37. The Bertz CT molecular complexity index is 906. The number of anilines is 1. The van der Waals surface area contributed by atoms with E-state index in [1.54, 1.807) is 7.11 Å². The first kappa shape index (κ1) is 17.5. The van der Waals surface area contributed by atoms with Gasteiger partial charge in [-0.3, -0.25) is 0 Å². The molecule has 0 spiro atoms. The van der Waals surface area contributed by atoms with Crippen molar-refractivity contribution in [2.24, 2.45) is 0 Å². The Labute approximate surface area is 159 Å². The third-order valence-electron chi connectivity index (χ3n) is 4.72. The van der Waals surface area contributed by atoms with Crippen LogP contribution in [-0.4, -0.2) is 31.4 Å². The highest BCUT2D eigenvalue weighted by molar-refractivity contribution is 5.53. The summed E-state index contributed by atoms with van der Waals surface area (Å²) in [7, 11) is 1.69. The predicted octanol–water partition coefficient (Wildman–Crippen LogP) is 4.42. The summed E-state index contributed by atoms with van der Waals surface area (Å²) in [5, 5.41) is 0. The molecule has 140 valence electrons. The Kier molecular flexibility index (Phi) is 5.03. The maximum atomic E-state index is 6.05. The fraction of sp³-hybridized carbons (Fsp3) is 0.273. The molecule has 1 atom stereocenters. The SMILES string of the molecule is CCOc1ccccc1-n1ccc([C@@H]2OCCN2c2cccc(OC)c2)c1. The van der Waals surface area contributed by atoms with Crippen LogP contribution in [0.25, 0.3) is 5.69 Å². The van der Waals surface area contributed by atoms with Gasteiger partial charge >= 0.3 is 0 Å². The molecule has 0 N–H and O–H groups in total. The van der Waals surface area contributed by atoms with Gasteiger partial charge in [-0.1, -0.05) is 18.2 Å². The Balaban J connectivity index is 1.62. The number of methoxy groups -OCH3 is 1. The highest BCUT2D eigenvalue weighted by Crippen LogP contribution is 2.34. The zero-order chi connectivity index (χ0) is 18.6. The van der Waals surface area contributed by atoms with Crippen LogP contribution in [0.1, 0.15) is 18.7 Å². The van der Waals surface area contributed by atoms with E-state index in [0.717, 1.165) is 35.0 Å². The number of nitrogens with zero attached hydrogens (tertiary/aromatic N) is 2. The molecule has 1 aliphatic rings. The average molecular weight is 364 g/mol. The number of aromatic nitrogens is 1. The molecule has 0 radical (unpaired) electrons. The van der Waals surface area contributed by atoms with Gasteiger partial charge in [0.1, 0.15) is 11.5 Å². The van der Waals surface area contributed by atoms with Crippen molar-refractivity contribution in [2.45, 2.75) is 13.2 Å². The van der Waals surface area contributed by atoms with Crippen LogP contribution in [0.5, 0.6) is 11.5 Å². The van der Waals surface area contributed by atoms with E-state index in [2.05, 4.69) is 40.1 Å². The van der Waals surface area contributed by atoms with Crippen molar-refractivity contribution in [3.05, 3.63) is 72.6 Å². The van der Waals surface area contributed by atoms with E-state index in [1.807, 2.05) is 43.3 Å². The number of ether oxygens (including phenoxy) is 3. The Morgan fingerprint density at radius 3 is 2.85 bits per heavy atom. The quantitative estimate of drug-likeness (QED) is 0.649. The minimum atomic E-state index is -0.113. The molecule has 1 aliphatic heterocycles. The van der Waals surface area contributed by atoms with Crippen LogP contribution in [0.2, 0.25) is 0 Å². The summed E-state index contributed by atoms with van der Waals surface area (Å²) in [6.45, 7) is 4.18. The standard InChI is InChI=1S/C22H24N2O3/c1-3-26-21-10-5-4-9-20(21)23-12-11-17(16-23)22-24(13-14-27-22)18-7-6-8-19(15-18)25-2/h4-12,15-16,22H,3,13-14H2,1-2H3/t22-/m0/s1. The van der Waals surface area contributed by atoms with Gasteiger partial charge in [0.05, 0.1) is 26.0 Å². The third-order valence-corrected chi connectivity index (χ3v) is 4.72. The lowest BCUT2D eigenvalue weighted by Crippen LogP contribution is -2.23. The smallest absolute Gasteiger partial charge is 0.158 e. The largest absolute Gasteiger partial charge is 0.497 e. The molecule has 0 bridgehead atoms. The fourth-order valence-electron chi connectivity index (χ4n) is 3.46. The second kappa shape index (κ2) is 7.76. The molecule has 27 heavy (non-hydrogen) atoms. The first-order valence-corrected chi connectivity index (χ1v) is 9.22. The maximum absolute atomic E-state index is 6.05. The number of rotatable bonds is 6. The van der Waals surface area contributed by atoms with Gasteiger partial charge in [0, 0.05) is 36.3 Å².